The van der Waals surface area contributed by atoms with Gasteiger partial charge in [0, 0.05) is 18.9 Å². The number of allylic oxidation sites excluding steroid dienone is 4. The highest BCUT2D eigenvalue weighted by Gasteiger charge is 2.00. The van der Waals surface area contributed by atoms with Crippen LogP contribution in [0.4, 0.5) is 0 Å². The lowest BCUT2D eigenvalue weighted by Gasteiger charge is -1.98. The van der Waals surface area contributed by atoms with Crippen molar-refractivity contribution in [3.8, 4) is 0 Å². The molecular weight excluding hydrogens is 240 g/mol. The summed E-state index contributed by atoms with van der Waals surface area (Å²) in [6, 6.07) is 0. The van der Waals surface area contributed by atoms with Crippen molar-refractivity contribution >= 4 is 11.8 Å². The van der Waals surface area contributed by atoms with E-state index in [4.69, 9.17) is 4.74 Å². The molecule has 3 heteroatoms. The Labute approximate surface area is 116 Å². The van der Waals surface area contributed by atoms with E-state index in [0.29, 0.717) is 19.4 Å². The highest BCUT2D eigenvalue weighted by molar-refractivity contribution is 5.81. The van der Waals surface area contributed by atoms with Crippen molar-refractivity contribution in [1.29, 1.82) is 0 Å². The number of hydrogen-bond acceptors (Lipinski definition) is 3. The van der Waals surface area contributed by atoms with Crippen LogP contribution in [-0.2, 0) is 14.3 Å². The van der Waals surface area contributed by atoms with Crippen molar-refractivity contribution in [2.24, 2.45) is 0 Å². The van der Waals surface area contributed by atoms with Gasteiger partial charge in [0.15, 0.2) is 0 Å². The summed E-state index contributed by atoms with van der Waals surface area (Å²) in [5, 5.41) is 0. The average molecular weight is 264 g/mol. The number of esters is 1. The van der Waals surface area contributed by atoms with Crippen molar-refractivity contribution in [3.05, 3.63) is 37.0 Å². The number of ketones is 1. The molecule has 19 heavy (non-hydrogen) atoms. The molecule has 0 bridgehead atoms. The van der Waals surface area contributed by atoms with Gasteiger partial charge < -0.3 is 4.74 Å². The molecule has 3 nitrogen and oxygen atoms in total. The van der Waals surface area contributed by atoms with Gasteiger partial charge in [0.25, 0.3) is 0 Å². The molecule has 0 amide bonds. The molecule has 0 aromatic rings. The lowest BCUT2D eigenvalue weighted by Crippen LogP contribution is -1.99. The Morgan fingerprint density at radius 3 is 2.32 bits per heavy atom. The maximum absolute atomic E-state index is 11.5. The molecule has 0 aliphatic carbocycles. The zero-order chi connectivity index (χ0) is 14.3. The van der Waals surface area contributed by atoms with Gasteiger partial charge >= 0.3 is 5.97 Å². The highest BCUT2D eigenvalue weighted by Crippen LogP contribution is 2.05. The van der Waals surface area contributed by atoms with Crippen LogP contribution in [0.1, 0.15) is 45.4 Å². The molecule has 0 saturated carbocycles. The number of carbonyl (C=O) groups excluding carboxylic acids is 2. The monoisotopic (exact) mass is 264 g/mol. The van der Waals surface area contributed by atoms with Crippen molar-refractivity contribution < 1.29 is 14.3 Å². The van der Waals surface area contributed by atoms with E-state index >= 15 is 0 Å². The van der Waals surface area contributed by atoms with E-state index in [-0.39, 0.29) is 11.8 Å². The topological polar surface area (TPSA) is 43.4 Å². The summed E-state index contributed by atoms with van der Waals surface area (Å²) in [7, 11) is 0. The van der Waals surface area contributed by atoms with E-state index < -0.39 is 0 Å². The van der Waals surface area contributed by atoms with Gasteiger partial charge in [0.1, 0.15) is 5.78 Å². The average Bonchev–Trinajstić information content (AvgIpc) is 2.38. The molecular formula is C16H24O3. The number of rotatable bonds is 11. The molecule has 0 fully saturated rings. The van der Waals surface area contributed by atoms with E-state index in [0.717, 1.165) is 25.7 Å². The molecule has 0 aromatic heterocycles. The van der Waals surface area contributed by atoms with Crippen LogP contribution in [0, 0.1) is 0 Å². The minimum absolute atomic E-state index is 0.288. The number of unbranched alkanes of at least 4 members (excludes halogenated alkanes) is 2. The quantitative estimate of drug-likeness (QED) is 0.247. The van der Waals surface area contributed by atoms with Crippen LogP contribution in [0.3, 0.4) is 0 Å². The fourth-order valence-electron chi connectivity index (χ4n) is 1.52. The first kappa shape index (κ1) is 17.4. The van der Waals surface area contributed by atoms with Crippen LogP contribution in [0.25, 0.3) is 0 Å². The summed E-state index contributed by atoms with van der Waals surface area (Å²) in [5.74, 6) is -0.0284. The zero-order valence-corrected chi connectivity index (χ0v) is 11.8. The Morgan fingerprint density at radius 2 is 1.74 bits per heavy atom. The molecule has 0 saturated heterocycles. The molecule has 0 aliphatic rings. The molecule has 0 spiro atoms. The number of carbonyl (C=O) groups is 2. The third kappa shape index (κ3) is 12.6. The van der Waals surface area contributed by atoms with E-state index in [1.807, 2.05) is 12.2 Å². The largest absolute Gasteiger partial charge is 0.463 e. The second kappa shape index (κ2) is 12.8. The minimum Gasteiger partial charge on any atom is -0.463 e. The van der Waals surface area contributed by atoms with Gasteiger partial charge in [-0.1, -0.05) is 30.9 Å². The van der Waals surface area contributed by atoms with Crippen molar-refractivity contribution in [3.63, 3.8) is 0 Å². The van der Waals surface area contributed by atoms with Crippen molar-refractivity contribution in [1.82, 2.24) is 0 Å². The summed E-state index contributed by atoms with van der Waals surface area (Å²) in [5.41, 5.74) is 0. The van der Waals surface area contributed by atoms with Crippen molar-refractivity contribution in [2.45, 2.75) is 45.4 Å². The van der Waals surface area contributed by atoms with Gasteiger partial charge in [-0.05, 0) is 32.6 Å². The molecule has 0 heterocycles. The fraction of sp³-hybridized carbons (Fsp3) is 0.500. The molecule has 0 rings (SSSR count). The number of hydrogen-bond donors (Lipinski definition) is 0. The number of Topliss-reactive ketones (excluding diaryl/α,β-unsaturated/α-hetero) is 1. The van der Waals surface area contributed by atoms with Gasteiger partial charge in [-0.25, -0.2) is 4.79 Å². The molecule has 0 unspecified atom stereocenters. The van der Waals surface area contributed by atoms with Crippen LogP contribution in [0.2, 0.25) is 0 Å². The smallest absolute Gasteiger partial charge is 0.330 e. The SMILES string of the molecule is C=CC=CCCCC(=O)CCCC=CC(=O)OCC. The Hall–Kier alpha value is -1.64. The molecule has 0 radical (unpaired) electrons. The van der Waals surface area contributed by atoms with Crippen LogP contribution >= 0.6 is 0 Å². The van der Waals surface area contributed by atoms with Gasteiger partial charge in [-0.3, -0.25) is 4.79 Å². The predicted octanol–water partition coefficient (Wildman–Crippen LogP) is 3.76. The zero-order valence-electron chi connectivity index (χ0n) is 11.8. The maximum atomic E-state index is 11.5. The first-order valence-electron chi connectivity index (χ1n) is 6.83. The predicted molar refractivity (Wildman–Crippen MR) is 77.8 cm³/mol. The summed E-state index contributed by atoms with van der Waals surface area (Å²) in [4.78, 5) is 22.5. The molecule has 106 valence electrons. The Morgan fingerprint density at radius 1 is 1.11 bits per heavy atom. The van der Waals surface area contributed by atoms with Gasteiger partial charge in [-0.15, -0.1) is 0 Å². The van der Waals surface area contributed by atoms with Crippen molar-refractivity contribution in [2.75, 3.05) is 6.61 Å². The summed E-state index contributed by atoms with van der Waals surface area (Å²) in [6.07, 6.45) is 13.4. The standard InChI is InChI=1S/C16H24O3/c1-3-5-6-7-9-12-15(17)13-10-8-11-14-16(18)19-4-2/h3,5-6,11,14H,1,4,7-10,12-13H2,2H3. The van der Waals surface area contributed by atoms with Gasteiger partial charge in [0.05, 0.1) is 6.61 Å². The van der Waals surface area contributed by atoms with Crippen LogP contribution in [0.15, 0.2) is 37.0 Å². The second-order valence-corrected chi connectivity index (χ2v) is 4.14. The lowest BCUT2D eigenvalue weighted by molar-refractivity contribution is -0.137. The summed E-state index contributed by atoms with van der Waals surface area (Å²) in [6.45, 7) is 5.75. The molecule has 0 aliphatic heterocycles. The van der Waals surface area contributed by atoms with E-state index in [9.17, 15) is 9.59 Å². The van der Waals surface area contributed by atoms with Gasteiger partial charge in [-0.2, -0.15) is 0 Å². The normalized spacial score (nSPS) is 11.0. The summed E-state index contributed by atoms with van der Waals surface area (Å²) < 4.78 is 4.75. The van der Waals surface area contributed by atoms with Gasteiger partial charge in [0.2, 0.25) is 0 Å². The number of ether oxygens (including phenoxy) is 1. The first-order chi connectivity index (χ1) is 9.20. The molecule has 0 aromatic carbocycles. The highest BCUT2D eigenvalue weighted by atomic mass is 16.5. The van der Waals surface area contributed by atoms with Crippen LogP contribution < -0.4 is 0 Å². The second-order valence-electron chi connectivity index (χ2n) is 4.14. The Bertz CT molecular complexity index is 327. The van der Waals surface area contributed by atoms with E-state index in [1.54, 1.807) is 19.1 Å². The maximum Gasteiger partial charge on any atom is 0.330 e. The Balaban J connectivity index is 3.50. The van der Waals surface area contributed by atoms with E-state index in [1.165, 1.54) is 6.08 Å². The third-order valence-electron chi connectivity index (χ3n) is 2.47. The molecule has 0 N–H and O–H groups in total. The summed E-state index contributed by atoms with van der Waals surface area (Å²) >= 11 is 0. The first-order valence-corrected chi connectivity index (χ1v) is 6.83. The van der Waals surface area contributed by atoms with Crippen LogP contribution in [0.5, 0.6) is 0 Å². The minimum atomic E-state index is -0.317. The lowest BCUT2D eigenvalue weighted by atomic mass is 10.1. The Kier molecular flexibility index (Phi) is 11.7. The van der Waals surface area contributed by atoms with E-state index in [2.05, 4.69) is 6.58 Å². The van der Waals surface area contributed by atoms with Crippen LogP contribution in [-0.4, -0.2) is 18.4 Å². The fourth-order valence-corrected chi connectivity index (χ4v) is 1.52. The third-order valence-corrected chi connectivity index (χ3v) is 2.47. The molecule has 0 atom stereocenters.